The lowest BCUT2D eigenvalue weighted by Crippen LogP contribution is -2.22. The predicted octanol–water partition coefficient (Wildman–Crippen LogP) is 1.86. The fourth-order valence-corrected chi connectivity index (χ4v) is 1.88. The molecule has 2 rings (SSSR count). The van der Waals surface area contributed by atoms with Gasteiger partial charge in [-0.25, -0.2) is 0 Å². The van der Waals surface area contributed by atoms with Crippen molar-refractivity contribution in [3.63, 3.8) is 0 Å². The zero-order valence-electron chi connectivity index (χ0n) is 9.44. The monoisotopic (exact) mass is 209 g/mol. The minimum atomic E-state index is 0.153. The summed E-state index contributed by atoms with van der Waals surface area (Å²) in [5.74, 6) is 2.83. The summed E-state index contributed by atoms with van der Waals surface area (Å²) in [6.07, 6.45) is 4.02. The molecule has 3 atom stereocenters. The van der Waals surface area contributed by atoms with E-state index in [1.54, 1.807) is 0 Å². The highest BCUT2D eigenvalue weighted by atomic mass is 16.5. The molecule has 0 radical (unpaired) electrons. The SMILES string of the molecule is CCCC(N)Cc1nc(C2CC2C)no1. The zero-order valence-corrected chi connectivity index (χ0v) is 9.44. The van der Waals surface area contributed by atoms with Gasteiger partial charge < -0.3 is 10.3 Å². The van der Waals surface area contributed by atoms with Crippen LogP contribution in [0, 0.1) is 5.92 Å². The van der Waals surface area contributed by atoms with Gasteiger partial charge in [0, 0.05) is 18.4 Å². The van der Waals surface area contributed by atoms with Gasteiger partial charge >= 0.3 is 0 Å². The molecular formula is C11H19N3O. The van der Waals surface area contributed by atoms with Crippen LogP contribution in [0.15, 0.2) is 4.52 Å². The Morgan fingerprint density at radius 2 is 2.33 bits per heavy atom. The molecule has 0 aliphatic heterocycles. The Morgan fingerprint density at radius 1 is 1.60 bits per heavy atom. The summed E-state index contributed by atoms with van der Waals surface area (Å²) in [4.78, 5) is 4.39. The Balaban J connectivity index is 1.89. The van der Waals surface area contributed by atoms with Crippen molar-refractivity contribution < 1.29 is 4.52 Å². The van der Waals surface area contributed by atoms with Gasteiger partial charge in [-0.15, -0.1) is 0 Å². The molecule has 1 aliphatic carbocycles. The molecule has 2 N–H and O–H groups in total. The minimum absolute atomic E-state index is 0.153. The van der Waals surface area contributed by atoms with Crippen molar-refractivity contribution in [3.05, 3.63) is 11.7 Å². The van der Waals surface area contributed by atoms with E-state index in [0.29, 0.717) is 18.2 Å². The van der Waals surface area contributed by atoms with E-state index < -0.39 is 0 Å². The maximum absolute atomic E-state index is 5.92. The van der Waals surface area contributed by atoms with E-state index in [1.807, 2.05) is 0 Å². The van der Waals surface area contributed by atoms with Crippen LogP contribution in [-0.2, 0) is 6.42 Å². The molecule has 4 nitrogen and oxygen atoms in total. The fraction of sp³-hybridized carbons (Fsp3) is 0.818. The first-order valence-electron chi connectivity index (χ1n) is 5.78. The molecule has 0 amide bonds. The highest BCUT2D eigenvalue weighted by molar-refractivity contribution is 5.07. The van der Waals surface area contributed by atoms with Crippen LogP contribution in [0.4, 0.5) is 0 Å². The molecule has 0 bridgehead atoms. The third-order valence-electron chi connectivity index (χ3n) is 3.02. The topological polar surface area (TPSA) is 64.9 Å². The van der Waals surface area contributed by atoms with Crippen molar-refractivity contribution >= 4 is 0 Å². The summed E-state index contributed by atoms with van der Waals surface area (Å²) in [5.41, 5.74) is 5.92. The normalized spacial score (nSPS) is 26.6. The number of hydrogen-bond donors (Lipinski definition) is 1. The van der Waals surface area contributed by atoms with E-state index in [1.165, 1.54) is 6.42 Å². The van der Waals surface area contributed by atoms with E-state index in [4.69, 9.17) is 10.3 Å². The van der Waals surface area contributed by atoms with Crippen molar-refractivity contribution in [2.45, 2.75) is 51.5 Å². The molecule has 0 aromatic carbocycles. The molecule has 3 unspecified atom stereocenters. The van der Waals surface area contributed by atoms with Crippen LogP contribution in [0.1, 0.15) is 50.7 Å². The third kappa shape index (κ3) is 2.56. The Morgan fingerprint density at radius 3 is 2.93 bits per heavy atom. The van der Waals surface area contributed by atoms with E-state index in [0.717, 1.165) is 24.6 Å². The van der Waals surface area contributed by atoms with Crippen molar-refractivity contribution in [1.82, 2.24) is 10.1 Å². The van der Waals surface area contributed by atoms with Crippen molar-refractivity contribution in [3.8, 4) is 0 Å². The van der Waals surface area contributed by atoms with Gasteiger partial charge in [0.05, 0.1) is 0 Å². The Bertz CT molecular complexity index is 323. The van der Waals surface area contributed by atoms with Gasteiger partial charge in [-0.2, -0.15) is 4.98 Å². The summed E-state index contributed by atoms with van der Waals surface area (Å²) < 4.78 is 5.19. The number of nitrogens with zero attached hydrogens (tertiary/aromatic N) is 2. The number of hydrogen-bond acceptors (Lipinski definition) is 4. The Hall–Kier alpha value is -0.900. The highest BCUT2D eigenvalue weighted by Gasteiger charge is 2.38. The average molecular weight is 209 g/mol. The lowest BCUT2D eigenvalue weighted by molar-refractivity contribution is 0.361. The van der Waals surface area contributed by atoms with Gasteiger partial charge in [-0.1, -0.05) is 25.4 Å². The first-order chi connectivity index (χ1) is 7.20. The fourth-order valence-electron chi connectivity index (χ4n) is 1.88. The lowest BCUT2D eigenvalue weighted by atomic mass is 10.1. The van der Waals surface area contributed by atoms with Crippen LogP contribution in [0.25, 0.3) is 0 Å². The first-order valence-corrected chi connectivity index (χ1v) is 5.78. The minimum Gasteiger partial charge on any atom is -0.339 e. The molecule has 1 aromatic rings. The smallest absolute Gasteiger partial charge is 0.228 e. The molecule has 1 aromatic heterocycles. The molecule has 84 valence electrons. The van der Waals surface area contributed by atoms with Crippen LogP contribution in [0.3, 0.4) is 0 Å². The third-order valence-corrected chi connectivity index (χ3v) is 3.02. The summed E-state index contributed by atoms with van der Waals surface area (Å²) in [5, 5.41) is 4.00. The maximum Gasteiger partial charge on any atom is 0.228 e. The molecular weight excluding hydrogens is 190 g/mol. The largest absolute Gasteiger partial charge is 0.339 e. The maximum atomic E-state index is 5.92. The number of nitrogens with two attached hydrogens (primary N) is 1. The number of aromatic nitrogens is 2. The first kappa shape index (κ1) is 10.6. The average Bonchev–Trinajstić information content (AvgIpc) is 2.74. The molecule has 1 aliphatic rings. The van der Waals surface area contributed by atoms with Gasteiger partial charge in [0.25, 0.3) is 0 Å². The van der Waals surface area contributed by atoms with Gasteiger partial charge in [-0.05, 0) is 18.8 Å². The second-order valence-electron chi connectivity index (χ2n) is 4.62. The highest BCUT2D eigenvalue weighted by Crippen LogP contribution is 2.45. The molecule has 1 saturated carbocycles. The van der Waals surface area contributed by atoms with Crippen molar-refractivity contribution in [2.75, 3.05) is 0 Å². The number of rotatable bonds is 5. The van der Waals surface area contributed by atoms with Crippen molar-refractivity contribution in [2.24, 2.45) is 11.7 Å². The molecule has 1 heterocycles. The Kier molecular flexibility index (Phi) is 3.05. The van der Waals surface area contributed by atoms with E-state index >= 15 is 0 Å². The van der Waals surface area contributed by atoms with E-state index in [2.05, 4.69) is 24.0 Å². The quantitative estimate of drug-likeness (QED) is 0.804. The summed E-state index contributed by atoms with van der Waals surface area (Å²) in [6, 6.07) is 0.153. The van der Waals surface area contributed by atoms with Crippen LogP contribution >= 0.6 is 0 Å². The second kappa shape index (κ2) is 4.31. The summed E-state index contributed by atoms with van der Waals surface area (Å²) in [7, 11) is 0. The Labute approximate surface area is 90.2 Å². The summed E-state index contributed by atoms with van der Waals surface area (Å²) in [6.45, 7) is 4.34. The molecule has 0 spiro atoms. The van der Waals surface area contributed by atoms with Gasteiger partial charge in [0.2, 0.25) is 5.89 Å². The van der Waals surface area contributed by atoms with Gasteiger partial charge in [0.15, 0.2) is 5.82 Å². The zero-order chi connectivity index (χ0) is 10.8. The van der Waals surface area contributed by atoms with Crippen LogP contribution < -0.4 is 5.73 Å². The molecule has 1 fully saturated rings. The van der Waals surface area contributed by atoms with Crippen LogP contribution in [0.5, 0.6) is 0 Å². The molecule has 0 saturated heterocycles. The second-order valence-corrected chi connectivity index (χ2v) is 4.62. The molecule has 4 heteroatoms. The van der Waals surface area contributed by atoms with E-state index in [9.17, 15) is 0 Å². The van der Waals surface area contributed by atoms with Crippen LogP contribution in [0.2, 0.25) is 0 Å². The van der Waals surface area contributed by atoms with Crippen LogP contribution in [-0.4, -0.2) is 16.2 Å². The van der Waals surface area contributed by atoms with Gasteiger partial charge in [-0.3, -0.25) is 0 Å². The summed E-state index contributed by atoms with van der Waals surface area (Å²) >= 11 is 0. The predicted molar refractivity (Wildman–Crippen MR) is 57.4 cm³/mol. The van der Waals surface area contributed by atoms with Gasteiger partial charge in [0.1, 0.15) is 0 Å². The standard InChI is InChI=1S/C11H19N3O/c1-3-4-8(12)6-10-13-11(14-15-10)9-5-7(9)2/h7-9H,3-6,12H2,1-2H3. The lowest BCUT2D eigenvalue weighted by Gasteiger charge is -2.05. The molecule has 15 heavy (non-hydrogen) atoms. The van der Waals surface area contributed by atoms with Crippen molar-refractivity contribution in [1.29, 1.82) is 0 Å². The van der Waals surface area contributed by atoms with E-state index in [-0.39, 0.29) is 6.04 Å².